The van der Waals surface area contributed by atoms with Crippen LogP contribution in [0.15, 0.2) is 47.6 Å². The number of halogens is 1. The van der Waals surface area contributed by atoms with Crippen molar-refractivity contribution in [2.45, 2.75) is 19.4 Å². The van der Waals surface area contributed by atoms with Crippen LogP contribution in [0.2, 0.25) is 5.02 Å². The number of nitrogens with zero attached hydrogens (tertiary/aromatic N) is 2. The lowest BCUT2D eigenvalue weighted by Crippen LogP contribution is -2.39. The third-order valence-electron chi connectivity index (χ3n) is 5.07. The summed E-state index contributed by atoms with van der Waals surface area (Å²) in [5.74, 6) is 1.22. The van der Waals surface area contributed by atoms with E-state index in [1.807, 2.05) is 36.4 Å². The van der Waals surface area contributed by atoms with Gasteiger partial charge >= 0.3 is 0 Å². The number of methoxy groups -OCH3 is 2. The smallest absolute Gasteiger partial charge is 0.243 e. The van der Waals surface area contributed by atoms with E-state index < -0.39 is 0 Å². The van der Waals surface area contributed by atoms with Crippen molar-refractivity contribution in [1.29, 1.82) is 0 Å². The summed E-state index contributed by atoms with van der Waals surface area (Å²) in [6, 6.07) is 13.4. The summed E-state index contributed by atoms with van der Waals surface area (Å²) in [5.41, 5.74) is 4.72. The van der Waals surface area contributed by atoms with E-state index >= 15 is 0 Å². The molecule has 3 rings (SSSR count). The van der Waals surface area contributed by atoms with Crippen LogP contribution in [0.4, 0.5) is 0 Å². The molecule has 0 aromatic heterocycles. The fourth-order valence-electron chi connectivity index (χ4n) is 3.40. The Bertz CT molecular complexity index is 847. The van der Waals surface area contributed by atoms with Crippen LogP contribution in [0.5, 0.6) is 11.5 Å². The number of rotatable bonds is 7. The van der Waals surface area contributed by atoms with Gasteiger partial charge in [0.25, 0.3) is 0 Å². The number of nitrogens with one attached hydrogen (secondary N) is 1. The van der Waals surface area contributed by atoms with Gasteiger partial charge in [0.2, 0.25) is 5.91 Å². The quantitative estimate of drug-likeness (QED) is 0.553. The first-order valence-electron chi connectivity index (χ1n) is 9.61. The molecule has 0 aliphatic carbocycles. The van der Waals surface area contributed by atoms with Crippen LogP contribution in [0.3, 0.4) is 0 Å². The van der Waals surface area contributed by atoms with Gasteiger partial charge in [-0.05, 0) is 67.4 Å². The zero-order valence-electron chi connectivity index (χ0n) is 16.7. The molecular formula is C22H26ClN3O3. The zero-order valence-corrected chi connectivity index (χ0v) is 17.5. The number of piperidine rings is 1. The van der Waals surface area contributed by atoms with Crippen LogP contribution in [-0.4, -0.2) is 44.3 Å². The van der Waals surface area contributed by atoms with Crippen LogP contribution >= 0.6 is 11.6 Å². The number of hydrazone groups is 1. The molecular weight excluding hydrogens is 390 g/mol. The number of ether oxygens (including phenoxy) is 2. The van der Waals surface area contributed by atoms with Crippen molar-refractivity contribution in [3.63, 3.8) is 0 Å². The van der Waals surface area contributed by atoms with Gasteiger partial charge in [-0.2, -0.15) is 5.10 Å². The second-order valence-corrected chi connectivity index (χ2v) is 7.46. The maximum Gasteiger partial charge on any atom is 0.243 e. The van der Waals surface area contributed by atoms with Gasteiger partial charge in [-0.15, -0.1) is 0 Å². The number of amides is 1. The van der Waals surface area contributed by atoms with Crippen molar-refractivity contribution in [2.75, 3.05) is 27.3 Å². The van der Waals surface area contributed by atoms with E-state index in [4.69, 9.17) is 21.1 Å². The maximum absolute atomic E-state index is 12.4. The minimum Gasteiger partial charge on any atom is -0.493 e. The summed E-state index contributed by atoms with van der Waals surface area (Å²) in [4.78, 5) is 14.8. The largest absolute Gasteiger partial charge is 0.493 e. The molecule has 0 radical (unpaired) electrons. The zero-order chi connectivity index (χ0) is 20.6. The fourth-order valence-corrected chi connectivity index (χ4v) is 3.52. The topological polar surface area (TPSA) is 63.2 Å². The molecule has 2 aromatic rings. The molecule has 1 aliphatic heterocycles. The molecule has 1 amide bonds. The summed E-state index contributed by atoms with van der Waals surface area (Å²) in [7, 11) is 3.17. The number of carbonyl (C=O) groups is 1. The van der Waals surface area contributed by atoms with Crippen molar-refractivity contribution in [3.05, 3.63) is 58.6 Å². The Kier molecular flexibility index (Phi) is 7.49. The van der Waals surface area contributed by atoms with E-state index in [-0.39, 0.29) is 11.8 Å². The Morgan fingerprint density at radius 1 is 1.14 bits per heavy atom. The fraction of sp³-hybridized carbons (Fsp3) is 0.364. The second kappa shape index (κ2) is 10.3. The lowest BCUT2D eigenvalue weighted by Gasteiger charge is -2.30. The second-order valence-electron chi connectivity index (χ2n) is 7.03. The third-order valence-corrected chi connectivity index (χ3v) is 5.33. The minimum absolute atomic E-state index is 0.0148. The Morgan fingerprint density at radius 2 is 1.83 bits per heavy atom. The summed E-state index contributed by atoms with van der Waals surface area (Å²) in [5, 5.41) is 4.84. The van der Waals surface area contributed by atoms with Gasteiger partial charge in [0.15, 0.2) is 11.5 Å². The van der Waals surface area contributed by atoms with Crippen molar-refractivity contribution in [3.8, 4) is 11.5 Å². The first-order chi connectivity index (χ1) is 14.1. The Balaban J connectivity index is 1.46. The van der Waals surface area contributed by atoms with Crippen LogP contribution in [-0.2, 0) is 11.3 Å². The first-order valence-corrected chi connectivity index (χ1v) is 9.98. The van der Waals surface area contributed by atoms with Crippen LogP contribution in [0.25, 0.3) is 0 Å². The first kappa shape index (κ1) is 21.1. The van der Waals surface area contributed by atoms with E-state index in [1.54, 1.807) is 26.5 Å². The number of carbonyl (C=O) groups excluding carboxylic acids is 1. The van der Waals surface area contributed by atoms with Crippen molar-refractivity contribution in [1.82, 2.24) is 10.3 Å². The summed E-state index contributed by atoms with van der Waals surface area (Å²) in [6.45, 7) is 2.66. The molecule has 0 spiro atoms. The highest BCUT2D eigenvalue weighted by atomic mass is 35.5. The van der Waals surface area contributed by atoms with Crippen molar-refractivity contribution < 1.29 is 14.3 Å². The van der Waals surface area contributed by atoms with Gasteiger partial charge < -0.3 is 9.47 Å². The molecule has 1 aliphatic rings. The molecule has 2 aromatic carbocycles. The van der Waals surface area contributed by atoms with Crippen LogP contribution < -0.4 is 14.9 Å². The predicted octanol–water partition coefficient (Wildman–Crippen LogP) is 3.72. The summed E-state index contributed by atoms with van der Waals surface area (Å²) >= 11 is 5.94. The van der Waals surface area contributed by atoms with Gasteiger partial charge in [0, 0.05) is 17.5 Å². The van der Waals surface area contributed by atoms with E-state index in [9.17, 15) is 4.79 Å². The van der Waals surface area contributed by atoms with Gasteiger partial charge in [-0.3, -0.25) is 9.69 Å². The van der Waals surface area contributed by atoms with E-state index in [1.165, 1.54) is 5.56 Å². The average Bonchev–Trinajstić information content (AvgIpc) is 2.75. The lowest BCUT2D eigenvalue weighted by molar-refractivity contribution is -0.126. The van der Waals surface area contributed by atoms with Crippen molar-refractivity contribution in [2.24, 2.45) is 11.0 Å². The monoisotopic (exact) mass is 415 g/mol. The molecule has 0 unspecified atom stereocenters. The molecule has 0 saturated carbocycles. The minimum atomic E-state index is -0.0344. The third kappa shape index (κ3) is 5.95. The summed E-state index contributed by atoms with van der Waals surface area (Å²) < 4.78 is 10.5. The number of benzene rings is 2. The summed E-state index contributed by atoms with van der Waals surface area (Å²) in [6.07, 6.45) is 3.26. The van der Waals surface area contributed by atoms with Gasteiger partial charge in [0.05, 0.1) is 20.4 Å². The Labute approximate surface area is 176 Å². The average molecular weight is 416 g/mol. The van der Waals surface area contributed by atoms with Crippen molar-refractivity contribution >= 4 is 23.7 Å². The molecule has 0 atom stereocenters. The van der Waals surface area contributed by atoms with Gasteiger partial charge in [-0.25, -0.2) is 5.43 Å². The van der Waals surface area contributed by atoms with Gasteiger partial charge in [-0.1, -0.05) is 23.7 Å². The standard InChI is InChI=1S/C22H26ClN3O3/c1-28-20-8-5-17(13-21(20)29-2)14-24-25-22(27)18-9-11-26(12-10-18)15-16-3-6-19(23)7-4-16/h3-8,13-14,18H,9-12,15H2,1-2H3,(H,25,27). The highest BCUT2D eigenvalue weighted by Crippen LogP contribution is 2.27. The number of likely N-dealkylation sites (tertiary alicyclic amines) is 1. The molecule has 154 valence electrons. The molecule has 0 bridgehead atoms. The molecule has 1 heterocycles. The lowest BCUT2D eigenvalue weighted by atomic mass is 9.96. The van der Waals surface area contributed by atoms with E-state index in [2.05, 4.69) is 15.4 Å². The normalized spacial score (nSPS) is 15.4. The van der Waals surface area contributed by atoms with E-state index in [0.29, 0.717) is 11.5 Å². The van der Waals surface area contributed by atoms with Gasteiger partial charge in [0.1, 0.15) is 0 Å². The number of hydrogen-bond donors (Lipinski definition) is 1. The molecule has 7 heteroatoms. The van der Waals surface area contributed by atoms with Crippen LogP contribution in [0.1, 0.15) is 24.0 Å². The Hall–Kier alpha value is -2.57. The molecule has 29 heavy (non-hydrogen) atoms. The maximum atomic E-state index is 12.4. The van der Waals surface area contributed by atoms with E-state index in [0.717, 1.165) is 43.1 Å². The van der Waals surface area contributed by atoms with Crippen LogP contribution in [0, 0.1) is 5.92 Å². The highest BCUT2D eigenvalue weighted by molar-refractivity contribution is 6.30. The molecule has 1 N–H and O–H groups in total. The molecule has 1 saturated heterocycles. The highest BCUT2D eigenvalue weighted by Gasteiger charge is 2.24. The predicted molar refractivity (Wildman–Crippen MR) is 115 cm³/mol. The molecule has 6 nitrogen and oxygen atoms in total. The Morgan fingerprint density at radius 3 is 2.48 bits per heavy atom. The SMILES string of the molecule is COc1ccc(C=NNC(=O)C2CCN(Cc3ccc(Cl)cc3)CC2)cc1OC. The molecule has 1 fully saturated rings. The number of hydrogen-bond acceptors (Lipinski definition) is 5.